The Bertz CT molecular complexity index is 1080. The summed E-state index contributed by atoms with van der Waals surface area (Å²) in [5.41, 5.74) is 5.02. The van der Waals surface area contributed by atoms with Gasteiger partial charge < -0.3 is 18.1 Å². The summed E-state index contributed by atoms with van der Waals surface area (Å²) in [5.74, 6) is 0.718. The van der Waals surface area contributed by atoms with E-state index < -0.39 is 15.2 Å². The maximum atomic E-state index is 13.1. The van der Waals surface area contributed by atoms with Crippen LogP contribution in [0.15, 0.2) is 36.9 Å². The van der Waals surface area contributed by atoms with Crippen LogP contribution in [0.5, 0.6) is 11.5 Å². The van der Waals surface area contributed by atoms with Crippen LogP contribution in [0.3, 0.4) is 0 Å². The molecule has 2 aromatic carbocycles. The molecule has 2 rings (SSSR count). The molecule has 0 amide bonds. The average molecular weight is 523 g/mol. The largest absolute Gasteiger partial charge is 0.424 e. The molecule has 0 aliphatic heterocycles. The third-order valence-electron chi connectivity index (χ3n) is 5.35. The van der Waals surface area contributed by atoms with E-state index in [4.69, 9.17) is 18.1 Å². The van der Waals surface area contributed by atoms with E-state index in [1.165, 1.54) is 13.3 Å². The molecule has 6 nitrogen and oxygen atoms in total. The normalized spacial score (nSPS) is 14.7. The summed E-state index contributed by atoms with van der Waals surface area (Å²) < 4.78 is 49.3. The van der Waals surface area contributed by atoms with Crippen LogP contribution >= 0.6 is 15.2 Å². The Labute approximate surface area is 211 Å². The predicted molar refractivity (Wildman–Crippen MR) is 146 cm³/mol. The Balaban J connectivity index is 2.87. The standard InChI is InChI=1S/C27H40O6P2/c1-9-12-13-14-22-18-25(32-34(7,28)30-10-2)27(26(19-22)33-35(8,29)31-11-3)24-17-21(6)15-16-23(24)20(4)5/h15-19H,4,9-14H2,1-3,5-8H3. The van der Waals surface area contributed by atoms with Crippen LogP contribution in [0.4, 0.5) is 0 Å². The lowest BCUT2D eigenvalue weighted by Gasteiger charge is -2.24. The van der Waals surface area contributed by atoms with Crippen LogP contribution in [0.1, 0.15) is 63.6 Å². The van der Waals surface area contributed by atoms with Gasteiger partial charge in [-0.05, 0) is 69.4 Å². The first-order valence-electron chi connectivity index (χ1n) is 12.2. The first kappa shape index (κ1) is 29.4. The predicted octanol–water partition coefficient (Wildman–Crippen LogP) is 8.90. The summed E-state index contributed by atoms with van der Waals surface area (Å²) in [7, 11) is -6.85. The van der Waals surface area contributed by atoms with Crippen molar-refractivity contribution in [3.8, 4) is 22.6 Å². The van der Waals surface area contributed by atoms with Gasteiger partial charge >= 0.3 is 15.2 Å². The van der Waals surface area contributed by atoms with E-state index in [1.807, 2.05) is 44.2 Å². The van der Waals surface area contributed by atoms with Crippen molar-refractivity contribution in [2.45, 2.75) is 60.3 Å². The molecule has 0 saturated heterocycles. The Morgan fingerprint density at radius 2 is 1.43 bits per heavy atom. The monoisotopic (exact) mass is 522 g/mol. The molecule has 0 heterocycles. The molecule has 0 aliphatic carbocycles. The Morgan fingerprint density at radius 3 is 1.89 bits per heavy atom. The van der Waals surface area contributed by atoms with Crippen LogP contribution in [0.25, 0.3) is 16.7 Å². The van der Waals surface area contributed by atoms with Crippen molar-refractivity contribution < 1.29 is 27.2 Å². The minimum Gasteiger partial charge on any atom is -0.424 e. The zero-order valence-electron chi connectivity index (χ0n) is 22.2. The maximum absolute atomic E-state index is 13.1. The van der Waals surface area contributed by atoms with Crippen LogP contribution in [0, 0.1) is 6.92 Å². The highest BCUT2D eigenvalue weighted by atomic mass is 31.2. The lowest BCUT2D eigenvalue weighted by Crippen LogP contribution is -2.04. The Kier molecular flexibility index (Phi) is 10.9. The van der Waals surface area contributed by atoms with Crippen molar-refractivity contribution >= 4 is 20.8 Å². The van der Waals surface area contributed by atoms with Gasteiger partial charge in [0.05, 0.1) is 18.8 Å². The number of hydrogen-bond donors (Lipinski definition) is 0. The fourth-order valence-electron chi connectivity index (χ4n) is 3.89. The zero-order valence-corrected chi connectivity index (χ0v) is 24.0. The molecule has 35 heavy (non-hydrogen) atoms. The molecule has 194 valence electrons. The number of benzene rings is 2. The van der Waals surface area contributed by atoms with Crippen molar-refractivity contribution in [2.24, 2.45) is 0 Å². The van der Waals surface area contributed by atoms with Crippen LogP contribution in [-0.2, 0) is 24.6 Å². The van der Waals surface area contributed by atoms with Gasteiger partial charge in [0.1, 0.15) is 11.5 Å². The minimum atomic E-state index is -3.43. The summed E-state index contributed by atoms with van der Waals surface area (Å²) in [5, 5.41) is 0. The quantitative estimate of drug-likeness (QED) is 0.182. The van der Waals surface area contributed by atoms with Gasteiger partial charge in [-0.15, -0.1) is 0 Å². The van der Waals surface area contributed by atoms with E-state index in [1.54, 1.807) is 13.8 Å². The molecule has 2 aromatic rings. The van der Waals surface area contributed by atoms with E-state index in [0.717, 1.165) is 53.5 Å². The van der Waals surface area contributed by atoms with Gasteiger partial charge in [0.25, 0.3) is 0 Å². The van der Waals surface area contributed by atoms with Crippen molar-refractivity contribution in [1.29, 1.82) is 0 Å². The second-order valence-electron chi connectivity index (χ2n) is 8.81. The molecule has 0 aromatic heterocycles. The third-order valence-corrected chi connectivity index (χ3v) is 7.87. The SMILES string of the molecule is C=C(C)c1ccc(C)cc1-c1c(OP(C)(=O)OCC)cc(CCCCC)cc1OP(C)(=O)OCC. The molecule has 2 unspecified atom stereocenters. The molecule has 0 spiro atoms. The Hall–Kier alpha value is -1.84. The van der Waals surface area contributed by atoms with E-state index >= 15 is 0 Å². The zero-order chi connectivity index (χ0) is 26.2. The van der Waals surface area contributed by atoms with Crippen molar-refractivity contribution in [1.82, 2.24) is 0 Å². The van der Waals surface area contributed by atoms with Crippen LogP contribution in [0.2, 0.25) is 0 Å². The molecule has 2 atom stereocenters. The molecule has 8 heteroatoms. The van der Waals surface area contributed by atoms with Crippen molar-refractivity contribution in [2.75, 3.05) is 26.5 Å². The second-order valence-corrected chi connectivity index (χ2v) is 12.8. The molecular weight excluding hydrogens is 482 g/mol. The molecule has 0 N–H and O–H groups in total. The number of hydrogen-bond acceptors (Lipinski definition) is 6. The van der Waals surface area contributed by atoms with Gasteiger partial charge in [-0.1, -0.05) is 55.7 Å². The summed E-state index contributed by atoms with van der Waals surface area (Å²) >= 11 is 0. The van der Waals surface area contributed by atoms with E-state index in [9.17, 15) is 9.13 Å². The van der Waals surface area contributed by atoms with Gasteiger partial charge in [-0.25, -0.2) is 9.13 Å². The van der Waals surface area contributed by atoms with Crippen molar-refractivity contribution in [3.05, 3.63) is 53.6 Å². The second kappa shape index (κ2) is 12.9. The smallest absolute Gasteiger partial charge is 0.376 e. The molecule has 0 fully saturated rings. The van der Waals surface area contributed by atoms with Crippen molar-refractivity contribution in [3.63, 3.8) is 0 Å². The summed E-state index contributed by atoms with van der Waals surface area (Å²) in [4.78, 5) is 0. The first-order chi connectivity index (χ1) is 16.4. The third kappa shape index (κ3) is 8.65. The number of unbranched alkanes of at least 4 members (excludes halogenated alkanes) is 2. The van der Waals surface area contributed by atoms with Gasteiger partial charge in [-0.3, -0.25) is 0 Å². The highest BCUT2D eigenvalue weighted by Crippen LogP contribution is 2.54. The van der Waals surface area contributed by atoms with Gasteiger partial charge in [0, 0.05) is 13.3 Å². The highest BCUT2D eigenvalue weighted by Gasteiger charge is 2.28. The van der Waals surface area contributed by atoms with Crippen LogP contribution < -0.4 is 9.05 Å². The number of allylic oxidation sites excluding steroid dienone is 1. The molecule has 0 saturated carbocycles. The average Bonchev–Trinajstić information content (AvgIpc) is 2.72. The van der Waals surface area contributed by atoms with E-state index in [-0.39, 0.29) is 13.2 Å². The van der Waals surface area contributed by atoms with Gasteiger partial charge in [0.2, 0.25) is 0 Å². The lowest BCUT2D eigenvalue weighted by molar-refractivity contribution is 0.282. The number of aryl methyl sites for hydroxylation is 2. The Morgan fingerprint density at radius 1 is 0.886 bits per heavy atom. The molecule has 0 radical (unpaired) electrons. The molecule has 0 aliphatic rings. The molecular formula is C27H40O6P2. The summed E-state index contributed by atoms with van der Waals surface area (Å²) in [6.45, 7) is 17.1. The van der Waals surface area contributed by atoms with Gasteiger partial charge in [-0.2, -0.15) is 0 Å². The molecule has 0 bridgehead atoms. The number of rotatable bonds is 14. The highest BCUT2D eigenvalue weighted by molar-refractivity contribution is 7.53. The minimum absolute atomic E-state index is 0.249. The fraction of sp³-hybridized carbons (Fsp3) is 0.481. The van der Waals surface area contributed by atoms with E-state index in [0.29, 0.717) is 17.1 Å². The topological polar surface area (TPSA) is 71.1 Å². The summed E-state index contributed by atoms with van der Waals surface area (Å²) in [6, 6.07) is 9.76. The lowest BCUT2D eigenvalue weighted by atomic mass is 9.91. The fourth-order valence-corrected chi connectivity index (χ4v) is 5.94. The van der Waals surface area contributed by atoms with Crippen LogP contribution in [-0.4, -0.2) is 26.5 Å². The maximum Gasteiger partial charge on any atom is 0.376 e. The first-order valence-corrected chi connectivity index (χ1v) is 16.2. The summed E-state index contributed by atoms with van der Waals surface area (Å²) in [6.07, 6.45) is 3.90. The van der Waals surface area contributed by atoms with Gasteiger partial charge in [0.15, 0.2) is 0 Å². The van der Waals surface area contributed by atoms with E-state index in [2.05, 4.69) is 13.5 Å².